The van der Waals surface area contributed by atoms with Crippen LogP contribution in [0.15, 0.2) is 54.6 Å². The van der Waals surface area contributed by atoms with Gasteiger partial charge in [-0.3, -0.25) is 9.69 Å². The Morgan fingerprint density at radius 1 is 1.15 bits per heavy atom. The average Bonchev–Trinajstić information content (AvgIpc) is 2.42. The van der Waals surface area contributed by atoms with Gasteiger partial charge in [0.25, 0.3) is 0 Å². The molecule has 1 N–H and O–H groups in total. The van der Waals surface area contributed by atoms with Gasteiger partial charge in [0.05, 0.1) is 0 Å². The normalized spacial score (nSPS) is 12.3. The maximum Gasteiger partial charge on any atom is 0.325 e. The Balaban J connectivity index is 2.20. The van der Waals surface area contributed by atoms with Crippen molar-refractivity contribution in [1.82, 2.24) is 4.90 Å². The summed E-state index contributed by atoms with van der Waals surface area (Å²) in [4.78, 5) is 13.3. The summed E-state index contributed by atoms with van der Waals surface area (Å²) in [6, 6.07) is 16.0. The van der Waals surface area contributed by atoms with Gasteiger partial charge in [0.15, 0.2) is 0 Å². The van der Waals surface area contributed by atoms with Gasteiger partial charge in [-0.25, -0.2) is 0 Å². The first-order valence-electron chi connectivity index (χ1n) is 6.30. The van der Waals surface area contributed by atoms with Crippen molar-refractivity contribution < 1.29 is 9.90 Å². The third-order valence-electron chi connectivity index (χ3n) is 3.14. The van der Waals surface area contributed by atoms with E-state index in [0.717, 1.165) is 11.1 Å². The van der Waals surface area contributed by atoms with Crippen molar-refractivity contribution >= 4 is 17.6 Å². The summed E-state index contributed by atoms with van der Waals surface area (Å²) in [5.41, 5.74) is 1.80. The number of benzene rings is 2. The third kappa shape index (κ3) is 3.59. The van der Waals surface area contributed by atoms with E-state index in [0.29, 0.717) is 11.6 Å². The van der Waals surface area contributed by atoms with Crippen molar-refractivity contribution in [3.63, 3.8) is 0 Å². The molecule has 0 spiro atoms. The third-order valence-corrected chi connectivity index (χ3v) is 3.39. The van der Waals surface area contributed by atoms with Gasteiger partial charge < -0.3 is 5.11 Å². The zero-order chi connectivity index (χ0) is 14.5. The molecule has 0 saturated heterocycles. The average molecular weight is 290 g/mol. The smallest absolute Gasteiger partial charge is 0.325 e. The van der Waals surface area contributed by atoms with E-state index in [2.05, 4.69) is 0 Å². The Kier molecular flexibility index (Phi) is 4.77. The standard InChI is InChI=1S/C16H16ClNO2/c1-18(11-12-5-3-2-4-6-12)15(16(19)20)13-7-9-14(17)10-8-13/h2-10,15H,11H2,1H3,(H,19,20)/t15-/m1/s1. The Hall–Kier alpha value is -1.84. The minimum Gasteiger partial charge on any atom is -0.480 e. The van der Waals surface area contributed by atoms with Gasteiger partial charge in [-0.15, -0.1) is 0 Å². The molecule has 1 atom stereocenters. The molecule has 0 aliphatic heterocycles. The highest BCUT2D eigenvalue weighted by Crippen LogP contribution is 2.23. The molecule has 2 aromatic carbocycles. The monoisotopic (exact) mass is 289 g/mol. The van der Waals surface area contributed by atoms with Crippen LogP contribution in [0.25, 0.3) is 0 Å². The lowest BCUT2D eigenvalue weighted by atomic mass is 10.1. The highest BCUT2D eigenvalue weighted by atomic mass is 35.5. The summed E-state index contributed by atoms with van der Waals surface area (Å²) in [7, 11) is 1.81. The SMILES string of the molecule is CN(Cc1ccccc1)[C@@H](C(=O)O)c1ccc(Cl)cc1. The second kappa shape index (κ2) is 6.55. The molecule has 0 aliphatic rings. The number of carboxylic acid groups (broad SMARTS) is 1. The van der Waals surface area contributed by atoms with E-state index in [-0.39, 0.29) is 0 Å². The predicted molar refractivity (Wildman–Crippen MR) is 79.7 cm³/mol. The first kappa shape index (κ1) is 14.6. The Morgan fingerprint density at radius 2 is 1.75 bits per heavy atom. The molecule has 0 aromatic heterocycles. The zero-order valence-electron chi connectivity index (χ0n) is 11.2. The molecule has 0 radical (unpaired) electrons. The van der Waals surface area contributed by atoms with Crippen LogP contribution in [0.5, 0.6) is 0 Å². The molecule has 0 aliphatic carbocycles. The molecule has 4 heteroatoms. The molecule has 0 bridgehead atoms. The molecule has 0 amide bonds. The van der Waals surface area contributed by atoms with E-state index in [9.17, 15) is 9.90 Å². The van der Waals surface area contributed by atoms with Gasteiger partial charge in [-0.1, -0.05) is 54.1 Å². The largest absolute Gasteiger partial charge is 0.480 e. The Morgan fingerprint density at radius 3 is 2.30 bits per heavy atom. The van der Waals surface area contributed by atoms with E-state index in [1.54, 1.807) is 36.2 Å². The van der Waals surface area contributed by atoms with E-state index >= 15 is 0 Å². The summed E-state index contributed by atoms with van der Waals surface area (Å²) in [5, 5.41) is 10.1. The van der Waals surface area contributed by atoms with Crippen LogP contribution in [0, 0.1) is 0 Å². The Bertz CT molecular complexity index is 569. The molecular formula is C16H16ClNO2. The number of carbonyl (C=O) groups is 1. The van der Waals surface area contributed by atoms with Crippen LogP contribution in [-0.4, -0.2) is 23.0 Å². The van der Waals surface area contributed by atoms with E-state index < -0.39 is 12.0 Å². The van der Waals surface area contributed by atoms with Gasteiger partial charge in [-0.05, 0) is 30.3 Å². The summed E-state index contributed by atoms with van der Waals surface area (Å²) < 4.78 is 0. The summed E-state index contributed by atoms with van der Waals surface area (Å²) in [6.45, 7) is 0.570. The number of rotatable bonds is 5. The summed E-state index contributed by atoms with van der Waals surface area (Å²) in [5.74, 6) is -0.870. The first-order chi connectivity index (χ1) is 9.58. The number of halogens is 1. The number of likely N-dealkylation sites (N-methyl/N-ethyl adjacent to an activating group) is 1. The summed E-state index contributed by atoms with van der Waals surface area (Å²) in [6.07, 6.45) is 0. The van der Waals surface area contributed by atoms with Crippen molar-refractivity contribution in [3.8, 4) is 0 Å². The van der Waals surface area contributed by atoms with Crippen LogP contribution in [-0.2, 0) is 11.3 Å². The molecular weight excluding hydrogens is 274 g/mol. The second-order valence-corrected chi connectivity index (χ2v) is 5.13. The quantitative estimate of drug-likeness (QED) is 0.914. The number of aliphatic carboxylic acids is 1. The Labute approximate surface area is 123 Å². The minimum atomic E-state index is -0.870. The fraction of sp³-hybridized carbons (Fsp3) is 0.188. The number of hydrogen-bond donors (Lipinski definition) is 1. The van der Waals surface area contributed by atoms with Crippen molar-refractivity contribution in [1.29, 1.82) is 0 Å². The highest BCUT2D eigenvalue weighted by Gasteiger charge is 2.24. The van der Waals surface area contributed by atoms with Gasteiger partial charge >= 0.3 is 5.97 Å². The maximum absolute atomic E-state index is 11.5. The van der Waals surface area contributed by atoms with Crippen molar-refractivity contribution in [2.24, 2.45) is 0 Å². The molecule has 0 unspecified atom stereocenters. The fourth-order valence-electron chi connectivity index (χ4n) is 2.19. The molecule has 2 rings (SSSR count). The zero-order valence-corrected chi connectivity index (χ0v) is 11.9. The van der Waals surface area contributed by atoms with Crippen molar-refractivity contribution in [2.75, 3.05) is 7.05 Å². The molecule has 3 nitrogen and oxygen atoms in total. The van der Waals surface area contributed by atoms with E-state index in [4.69, 9.17) is 11.6 Å². The molecule has 0 saturated carbocycles. The van der Waals surface area contributed by atoms with Crippen molar-refractivity contribution in [3.05, 3.63) is 70.7 Å². The fourth-order valence-corrected chi connectivity index (χ4v) is 2.32. The molecule has 20 heavy (non-hydrogen) atoms. The van der Waals surface area contributed by atoms with Gasteiger partial charge in [0.2, 0.25) is 0 Å². The summed E-state index contributed by atoms with van der Waals surface area (Å²) >= 11 is 5.84. The topological polar surface area (TPSA) is 40.5 Å². The van der Waals surface area contributed by atoms with Gasteiger partial charge in [-0.2, -0.15) is 0 Å². The lowest BCUT2D eigenvalue weighted by Gasteiger charge is -2.25. The lowest BCUT2D eigenvalue weighted by Crippen LogP contribution is -2.30. The number of hydrogen-bond acceptors (Lipinski definition) is 2. The van der Waals surface area contributed by atoms with Crippen LogP contribution in [0.3, 0.4) is 0 Å². The molecule has 2 aromatic rings. The van der Waals surface area contributed by atoms with E-state index in [1.807, 2.05) is 30.3 Å². The second-order valence-electron chi connectivity index (χ2n) is 4.69. The minimum absolute atomic E-state index is 0.570. The molecule has 104 valence electrons. The molecule has 0 heterocycles. The molecule has 0 fully saturated rings. The van der Waals surface area contributed by atoms with Crippen LogP contribution < -0.4 is 0 Å². The number of carboxylic acids is 1. The number of nitrogens with zero attached hydrogens (tertiary/aromatic N) is 1. The highest BCUT2D eigenvalue weighted by molar-refractivity contribution is 6.30. The van der Waals surface area contributed by atoms with Crippen LogP contribution >= 0.6 is 11.6 Å². The van der Waals surface area contributed by atoms with Gasteiger partial charge in [0, 0.05) is 11.6 Å². The van der Waals surface area contributed by atoms with E-state index in [1.165, 1.54) is 0 Å². The van der Waals surface area contributed by atoms with Crippen LogP contribution in [0.4, 0.5) is 0 Å². The predicted octanol–water partition coefficient (Wildman–Crippen LogP) is 3.60. The first-order valence-corrected chi connectivity index (χ1v) is 6.68. The van der Waals surface area contributed by atoms with Crippen LogP contribution in [0.1, 0.15) is 17.2 Å². The maximum atomic E-state index is 11.5. The lowest BCUT2D eigenvalue weighted by molar-refractivity contribution is -0.143. The van der Waals surface area contributed by atoms with Gasteiger partial charge in [0.1, 0.15) is 6.04 Å². The van der Waals surface area contributed by atoms with Crippen molar-refractivity contribution in [2.45, 2.75) is 12.6 Å². The van der Waals surface area contributed by atoms with Crippen LogP contribution in [0.2, 0.25) is 5.02 Å².